The summed E-state index contributed by atoms with van der Waals surface area (Å²) >= 11 is 0. The number of hydrogen-bond acceptors (Lipinski definition) is 4. The van der Waals surface area contributed by atoms with Crippen molar-refractivity contribution in [2.45, 2.75) is 38.5 Å². The average molecular weight is 388 g/mol. The normalized spacial score (nSPS) is 18.0. The molecule has 1 saturated heterocycles. The van der Waals surface area contributed by atoms with Gasteiger partial charge in [0.2, 0.25) is 5.91 Å². The molecule has 1 N–H and O–H groups in total. The fourth-order valence-electron chi connectivity index (χ4n) is 4.01. The van der Waals surface area contributed by atoms with E-state index in [1.807, 2.05) is 4.90 Å². The van der Waals surface area contributed by atoms with Crippen molar-refractivity contribution in [3.8, 4) is 5.75 Å². The summed E-state index contributed by atoms with van der Waals surface area (Å²) in [4.78, 5) is 39.7. The third-order valence-electron chi connectivity index (χ3n) is 5.52. The van der Waals surface area contributed by atoms with Crippen LogP contribution in [0.3, 0.4) is 0 Å². The lowest BCUT2D eigenvalue weighted by molar-refractivity contribution is -0.139. The van der Waals surface area contributed by atoms with Gasteiger partial charge < -0.3 is 19.6 Å². The summed E-state index contributed by atoms with van der Waals surface area (Å²) < 4.78 is 5.16. The van der Waals surface area contributed by atoms with Crippen LogP contribution in [0.15, 0.2) is 24.3 Å². The van der Waals surface area contributed by atoms with E-state index in [4.69, 9.17) is 9.84 Å². The highest BCUT2D eigenvalue weighted by Crippen LogP contribution is 2.28. The summed E-state index contributed by atoms with van der Waals surface area (Å²) in [6.45, 7) is 1.92. The monoisotopic (exact) mass is 388 g/mol. The van der Waals surface area contributed by atoms with Crippen LogP contribution in [-0.4, -0.2) is 65.5 Å². The number of hydrogen-bond donors (Lipinski definition) is 1. The maximum atomic E-state index is 12.8. The standard InChI is InChI=1S/C21H28N2O5/c24-19(13-16-5-1-2-6-16)22-9-4-10-23(12-11-22)21(27)17-7-3-8-18(14-17)28-15-20(25)26/h3,7-8,14,16H,1-2,4-6,9-13,15H2,(H,25,26). The molecule has 2 amide bonds. The molecular weight excluding hydrogens is 360 g/mol. The largest absolute Gasteiger partial charge is 0.482 e. The summed E-state index contributed by atoms with van der Waals surface area (Å²) in [5, 5.41) is 8.72. The molecule has 0 unspecified atom stereocenters. The van der Waals surface area contributed by atoms with Gasteiger partial charge in [-0.15, -0.1) is 0 Å². The molecule has 28 heavy (non-hydrogen) atoms. The molecule has 1 aliphatic heterocycles. The number of ether oxygens (including phenoxy) is 1. The zero-order valence-corrected chi connectivity index (χ0v) is 16.1. The van der Waals surface area contributed by atoms with E-state index in [2.05, 4.69) is 0 Å². The highest BCUT2D eigenvalue weighted by Gasteiger charge is 2.25. The third kappa shape index (κ3) is 5.47. The van der Waals surface area contributed by atoms with Gasteiger partial charge >= 0.3 is 5.97 Å². The Labute approximate surface area is 165 Å². The van der Waals surface area contributed by atoms with Gasteiger partial charge in [0.1, 0.15) is 5.75 Å². The summed E-state index contributed by atoms with van der Waals surface area (Å²) in [5.74, 6) is -0.0822. The van der Waals surface area contributed by atoms with Crippen LogP contribution in [0, 0.1) is 5.92 Å². The molecular formula is C21H28N2O5. The van der Waals surface area contributed by atoms with Gasteiger partial charge in [0.05, 0.1) is 0 Å². The minimum Gasteiger partial charge on any atom is -0.482 e. The van der Waals surface area contributed by atoms with E-state index in [1.54, 1.807) is 29.2 Å². The lowest BCUT2D eigenvalue weighted by atomic mass is 10.0. The van der Waals surface area contributed by atoms with E-state index in [-0.39, 0.29) is 11.8 Å². The second-order valence-electron chi connectivity index (χ2n) is 7.59. The molecule has 0 aromatic heterocycles. The van der Waals surface area contributed by atoms with Crippen LogP contribution < -0.4 is 4.74 Å². The van der Waals surface area contributed by atoms with Gasteiger partial charge in [0.15, 0.2) is 6.61 Å². The van der Waals surface area contributed by atoms with Gasteiger partial charge in [0.25, 0.3) is 5.91 Å². The van der Waals surface area contributed by atoms with Gasteiger partial charge in [0, 0.05) is 38.2 Å². The second kappa shape index (κ2) is 9.57. The number of benzene rings is 1. The number of carbonyl (C=O) groups is 3. The zero-order valence-electron chi connectivity index (χ0n) is 16.1. The zero-order chi connectivity index (χ0) is 19.9. The Morgan fingerprint density at radius 1 is 1.00 bits per heavy atom. The Hall–Kier alpha value is -2.57. The van der Waals surface area contributed by atoms with Gasteiger partial charge in [-0.1, -0.05) is 18.9 Å². The lowest BCUT2D eigenvalue weighted by Crippen LogP contribution is -2.37. The van der Waals surface area contributed by atoms with Crippen LogP contribution in [0.2, 0.25) is 0 Å². The number of amides is 2. The highest BCUT2D eigenvalue weighted by molar-refractivity contribution is 5.94. The molecule has 3 rings (SSSR count). The molecule has 1 heterocycles. The van der Waals surface area contributed by atoms with E-state index < -0.39 is 12.6 Å². The van der Waals surface area contributed by atoms with Crippen molar-refractivity contribution in [3.05, 3.63) is 29.8 Å². The first-order valence-electron chi connectivity index (χ1n) is 10.0. The number of nitrogens with zero attached hydrogens (tertiary/aromatic N) is 2. The van der Waals surface area contributed by atoms with Crippen LogP contribution in [0.4, 0.5) is 0 Å². The quantitative estimate of drug-likeness (QED) is 0.809. The summed E-state index contributed by atoms with van der Waals surface area (Å²) in [6, 6.07) is 6.58. The number of carboxylic acid groups (broad SMARTS) is 1. The molecule has 0 atom stereocenters. The molecule has 7 heteroatoms. The number of aliphatic carboxylic acids is 1. The SMILES string of the molecule is O=C(O)COc1cccc(C(=O)N2CCCN(C(=O)CC3CCCC3)CC2)c1. The van der Waals surface area contributed by atoms with Crippen molar-refractivity contribution in [1.29, 1.82) is 0 Å². The molecule has 1 aliphatic carbocycles. The van der Waals surface area contributed by atoms with Crippen molar-refractivity contribution in [2.24, 2.45) is 5.92 Å². The maximum Gasteiger partial charge on any atom is 0.341 e. The van der Waals surface area contributed by atoms with Crippen molar-refractivity contribution >= 4 is 17.8 Å². The fourth-order valence-corrected chi connectivity index (χ4v) is 4.01. The molecule has 1 aromatic rings. The molecule has 0 bridgehead atoms. The maximum absolute atomic E-state index is 12.8. The van der Waals surface area contributed by atoms with Crippen LogP contribution in [-0.2, 0) is 9.59 Å². The number of rotatable bonds is 6. The van der Waals surface area contributed by atoms with Crippen molar-refractivity contribution in [2.75, 3.05) is 32.8 Å². The first-order chi connectivity index (χ1) is 13.5. The first-order valence-corrected chi connectivity index (χ1v) is 10.0. The van der Waals surface area contributed by atoms with E-state index in [0.717, 1.165) is 19.3 Å². The molecule has 0 radical (unpaired) electrons. The molecule has 2 fully saturated rings. The molecule has 0 spiro atoms. The number of carbonyl (C=O) groups excluding carboxylic acids is 2. The minimum atomic E-state index is -1.06. The molecule has 1 aromatic carbocycles. The first kappa shape index (κ1) is 20.2. The van der Waals surface area contributed by atoms with E-state index in [9.17, 15) is 14.4 Å². The minimum absolute atomic E-state index is 0.120. The van der Waals surface area contributed by atoms with Gasteiger partial charge in [-0.05, 0) is 43.4 Å². The summed E-state index contributed by atoms with van der Waals surface area (Å²) in [7, 11) is 0. The van der Waals surface area contributed by atoms with Crippen LogP contribution >= 0.6 is 0 Å². The molecule has 7 nitrogen and oxygen atoms in total. The topological polar surface area (TPSA) is 87.2 Å². The van der Waals surface area contributed by atoms with Crippen LogP contribution in [0.1, 0.15) is 48.9 Å². The predicted molar refractivity (Wildman–Crippen MR) is 103 cm³/mol. The van der Waals surface area contributed by atoms with Gasteiger partial charge in [-0.2, -0.15) is 0 Å². The van der Waals surface area contributed by atoms with E-state index >= 15 is 0 Å². The third-order valence-corrected chi connectivity index (χ3v) is 5.52. The molecule has 2 aliphatic rings. The van der Waals surface area contributed by atoms with Crippen molar-refractivity contribution in [1.82, 2.24) is 9.80 Å². The predicted octanol–water partition coefficient (Wildman–Crippen LogP) is 2.40. The van der Waals surface area contributed by atoms with Crippen molar-refractivity contribution < 1.29 is 24.2 Å². The van der Waals surface area contributed by atoms with Crippen LogP contribution in [0.25, 0.3) is 0 Å². The van der Waals surface area contributed by atoms with Gasteiger partial charge in [-0.25, -0.2) is 4.79 Å². The van der Waals surface area contributed by atoms with E-state index in [0.29, 0.717) is 49.8 Å². The average Bonchev–Trinajstić information content (AvgIpc) is 3.07. The lowest BCUT2D eigenvalue weighted by Gasteiger charge is -2.23. The Morgan fingerprint density at radius 3 is 2.46 bits per heavy atom. The van der Waals surface area contributed by atoms with Gasteiger partial charge in [-0.3, -0.25) is 9.59 Å². The second-order valence-corrected chi connectivity index (χ2v) is 7.59. The summed E-state index contributed by atoms with van der Waals surface area (Å²) in [6.07, 6.45) is 6.17. The Bertz CT molecular complexity index is 715. The smallest absolute Gasteiger partial charge is 0.341 e. The van der Waals surface area contributed by atoms with E-state index in [1.165, 1.54) is 12.8 Å². The fraction of sp³-hybridized carbons (Fsp3) is 0.571. The molecule has 152 valence electrons. The Balaban J connectivity index is 1.55. The number of carboxylic acids is 1. The molecule has 1 saturated carbocycles. The summed E-state index contributed by atoms with van der Waals surface area (Å²) in [5.41, 5.74) is 0.466. The Morgan fingerprint density at radius 2 is 1.71 bits per heavy atom. The van der Waals surface area contributed by atoms with Crippen LogP contribution in [0.5, 0.6) is 5.75 Å². The van der Waals surface area contributed by atoms with Crippen molar-refractivity contribution in [3.63, 3.8) is 0 Å². The Kier molecular flexibility index (Phi) is 6.90. The highest BCUT2D eigenvalue weighted by atomic mass is 16.5.